The number of anilines is 1. The van der Waals surface area contributed by atoms with E-state index in [2.05, 4.69) is 20.7 Å². The van der Waals surface area contributed by atoms with E-state index in [4.69, 9.17) is 23.2 Å². The van der Waals surface area contributed by atoms with Crippen LogP contribution >= 0.6 is 23.2 Å². The number of halogens is 5. The Hall–Kier alpha value is -2.78. The number of hydrogen-bond donors (Lipinski definition) is 2. The summed E-state index contributed by atoms with van der Waals surface area (Å²) in [5.41, 5.74) is 1.19. The first-order valence-corrected chi connectivity index (χ1v) is 10.0. The van der Waals surface area contributed by atoms with Crippen molar-refractivity contribution in [3.05, 3.63) is 75.7 Å². The minimum atomic E-state index is -4.55. The molecule has 162 valence electrons. The van der Waals surface area contributed by atoms with E-state index >= 15 is 0 Å². The van der Waals surface area contributed by atoms with Gasteiger partial charge in [0.15, 0.2) is 11.7 Å². The average molecular weight is 470 g/mol. The van der Waals surface area contributed by atoms with Gasteiger partial charge >= 0.3 is 6.18 Å². The van der Waals surface area contributed by atoms with Crippen LogP contribution in [0, 0.1) is 0 Å². The maximum absolute atomic E-state index is 13.8. The van der Waals surface area contributed by atoms with Crippen molar-refractivity contribution in [2.24, 2.45) is 0 Å². The van der Waals surface area contributed by atoms with Gasteiger partial charge in [0.25, 0.3) is 5.91 Å². The minimum absolute atomic E-state index is 0.0937. The Balaban J connectivity index is 1.59. The highest BCUT2D eigenvalue weighted by atomic mass is 35.5. The van der Waals surface area contributed by atoms with E-state index in [1.165, 1.54) is 18.2 Å². The molecule has 2 atom stereocenters. The van der Waals surface area contributed by atoms with Gasteiger partial charge in [0, 0.05) is 31.4 Å². The molecule has 1 aliphatic rings. The Labute approximate surface area is 185 Å². The molecule has 3 heterocycles. The lowest BCUT2D eigenvalue weighted by Gasteiger charge is -2.33. The Morgan fingerprint density at radius 2 is 2.03 bits per heavy atom. The van der Waals surface area contributed by atoms with Crippen molar-refractivity contribution in [3.63, 3.8) is 0 Å². The molecule has 0 saturated carbocycles. The first kappa shape index (κ1) is 21.5. The molecule has 1 aromatic carbocycles. The number of nitrogens with one attached hydrogen (secondary N) is 2. The number of aromatic nitrogens is 3. The molecule has 3 aromatic rings. The van der Waals surface area contributed by atoms with Gasteiger partial charge in [0.1, 0.15) is 5.82 Å². The van der Waals surface area contributed by atoms with Crippen LogP contribution in [0.2, 0.25) is 10.0 Å². The number of carbonyl (C=O) groups excluding carboxylic acids is 1. The average Bonchev–Trinajstić information content (AvgIpc) is 3.17. The highest BCUT2D eigenvalue weighted by molar-refractivity contribution is 6.42. The summed E-state index contributed by atoms with van der Waals surface area (Å²) in [6, 6.07) is 6.90. The summed E-state index contributed by atoms with van der Waals surface area (Å²) in [5, 5.41) is 10.1. The zero-order valence-corrected chi connectivity index (χ0v) is 17.3. The molecule has 1 amide bonds. The third-order valence-electron chi connectivity index (χ3n) is 4.94. The predicted molar refractivity (Wildman–Crippen MR) is 110 cm³/mol. The molecular formula is C20H16Cl2F3N5O. The molecule has 31 heavy (non-hydrogen) atoms. The van der Waals surface area contributed by atoms with Gasteiger partial charge in [-0.25, -0.2) is 4.68 Å². The number of alkyl halides is 3. The lowest BCUT2D eigenvalue weighted by molar-refractivity contribution is -0.173. The van der Waals surface area contributed by atoms with E-state index in [0.29, 0.717) is 10.6 Å². The van der Waals surface area contributed by atoms with Crippen molar-refractivity contribution in [1.82, 2.24) is 20.1 Å². The first-order chi connectivity index (χ1) is 14.7. The van der Waals surface area contributed by atoms with E-state index in [9.17, 15) is 18.0 Å². The molecular weight excluding hydrogens is 454 g/mol. The molecule has 6 nitrogen and oxygen atoms in total. The van der Waals surface area contributed by atoms with Gasteiger partial charge < -0.3 is 10.6 Å². The Morgan fingerprint density at radius 1 is 1.23 bits per heavy atom. The molecule has 2 aromatic heterocycles. The third kappa shape index (κ3) is 4.62. The second-order valence-corrected chi connectivity index (χ2v) is 7.88. The number of pyridine rings is 1. The standard InChI is InChI=1S/C20H16Cl2F3N5O/c21-13-4-3-12(6-14(13)22)15-7-17(20(23,24)25)30-18(28-15)8-16(29-30)19(31)27-10-11-2-1-5-26-9-11/h1-6,8-9,15,17,28H,7,10H2,(H,27,31). The molecule has 1 aliphatic heterocycles. The quantitative estimate of drug-likeness (QED) is 0.552. The normalized spacial score (nSPS) is 18.2. The Morgan fingerprint density at radius 3 is 2.71 bits per heavy atom. The summed E-state index contributed by atoms with van der Waals surface area (Å²) in [4.78, 5) is 16.4. The van der Waals surface area contributed by atoms with Gasteiger partial charge in [0.05, 0.1) is 16.1 Å². The van der Waals surface area contributed by atoms with Crippen molar-refractivity contribution in [3.8, 4) is 0 Å². The summed E-state index contributed by atoms with van der Waals surface area (Å²) in [6.45, 7) is 0.177. The van der Waals surface area contributed by atoms with E-state index in [-0.39, 0.29) is 29.5 Å². The van der Waals surface area contributed by atoms with Gasteiger partial charge in [0.2, 0.25) is 0 Å². The van der Waals surface area contributed by atoms with Crippen LogP contribution in [0.25, 0.3) is 0 Å². The lowest BCUT2D eigenvalue weighted by Crippen LogP contribution is -2.35. The van der Waals surface area contributed by atoms with Crippen molar-refractivity contribution in [1.29, 1.82) is 0 Å². The lowest BCUT2D eigenvalue weighted by atomic mass is 9.97. The van der Waals surface area contributed by atoms with E-state index in [1.54, 1.807) is 30.6 Å². The van der Waals surface area contributed by atoms with Crippen molar-refractivity contribution in [2.45, 2.75) is 31.2 Å². The van der Waals surface area contributed by atoms with Gasteiger partial charge in [-0.3, -0.25) is 9.78 Å². The van der Waals surface area contributed by atoms with E-state index in [1.807, 2.05) is 0 Å². The smallest absolute Gasteiger partial charge is 0.363 e. The summed E-state index contributed by atoms with van der Waals surface area (Å²) in [6.07, 6.45) is -1.68. The minimum Gasteiger partial charge on any atom is -0.363 e. The largest absolute Gasteiger partial charge is 0.410 e. The third-order valence-corrected chi connectivity index (χ3v) is 5.68. The van der Waals surface area contributed by atoms with Gasteiger partial charge in [-0.1, -0.05) is 35.3 Å². The van der Waals surface area contributed by atoms with Gasteiger partial charge in [-0.15, -0.1) is 0 Å². The van der Waals surface area contributed by atoms with E-state index in [0.717, 1.165) is 10.2 Å². The van der Waals surface area contributed by atoms with Crippen LogP contribution in [0.4, 0.5) is 19.0 Å². The molecule has 4 rings (SSSR count). The highest BCUT2D eigenvalue weighted by Gasteiger charge is 2.46. The zero-order chi connectivity index (χ0) is 22.2. The number of benzene rings is 1. The van der Waals surface area contributed by atoms with Crippen LogP contribution in [0.3, 0.4) is 0 Å². The molecule has 0 fully saturated rings. The molecule has 0 radical (unpaired) electrons. The maximum Gasteiger partial charge on any atom is 0.410 e. The number of rotatable bonds is 4. The maximum atomic E-state index is 13.8. The second-order valence-electron chi connectivity index (χ2n) is 7.07. The fraction of sp³-hybridized carbons (Fsp3) is 0.250. The molecule has 2 unspecified atom stereocenters. The van der Waals surface area contributed by atoms with Crippen LogP contribution in [0.5, 0.6) is 0 Å². The van der Waals surface area contributed by atoms with Gasteiger partial charge in [-0.05, 0) is 29.3 Å². The molecule has 0 bridgehead atoms. The number of hydrogen-bond acceptors (Lipinski definition) is 4. The fourth-order valence-electron chi connectivity index (χ4n) is 3.41. The second kappa shape index (κ2) is 8.39. The van der Waals surface area contributed by atoms with Crippen LogP contribution < -0.4 is 10.6 Å². The first-order valence-electron chi connectivity index (χ1n) is 9.27. The summed E-state index contributed by atoms with van der Waals surface area (Å²) < 4.78 is 42.2. The van der Waals surface area contributed by atoms with Crippen molar-refractivity contribution in [2.75, 3.05) is 5.32 Å². The van der Waals surface area contributed by atoms with Crippen LogP contribution in [0.1, 0.15) is 40.1 Å². The number of nitrogens with zero attached hydrogens (tertiary/aromatic N) is 3. The fourth-order valence-corrected chi connectivity index (χ4v) is 3.71. The van der Waals surface area contributed by atoms with Crippen LogP contribution in [-0.4, -0.2) is 26.8 Å². The molecule has 2 N–H and O–H groups in total. The molecule has 0 aliphatic carbocycles. The predicted octanol–water partition coefficient (Wildman–Crippen LogP) is 5.18. The molecule has 0 saturated heterocycles. The Bertz CT molecular complexity index is 1100. The summed E-state index contributed by atoms with van der Waals surface area (Å²) >= 11 is 12.0. The molecule has 11 heteroatoms. The van der Waals surface area contributed by atoms with Crippen LogP contribution in [0.15, 0.2) is 48.8 Å². The summed E-state index contributed by atoms with van der Waals surface area (Å²) in [7, 11) is 0. The van der Waals surface area contributed by atoms with Crippen LogP contribution in [-0.2, 0) is 6.54 Å². The summed E-state index contributed by atoms with van der Waals surface area (Å²) in [5.74, 6) is -0.490. The monoisotopic (exact) mass is 469 g/mol. The van der Waals surface area contributed by atoms with Crippen molar-refractivity contribution < 1.29 is 18.0 Å². The topological polar surface area (TPSA) is 71.8 Å². The number of fused-ring (bicyclic) bond motifs is 1. The van der Waals surface area contributed by atoms with Gasteiger partial charge in [-0.2, -0.15) is 18.3 Å². The number of amides is 1. The van der Waals surface area contributed by atoms with Crippen molar-refractivity contribution >= 4 is 34.9 Å². The zero-order valence-electron chi connectivity index (χ0n) is 15.8. The Kier molecular flexibility index (Phi) is 5.81. The highest BCUT2D eigenvalue weighted by Crippen LogP contribution is 2.44. The SMILES string of the molecule is O=C(NCc1cccnc1)c1cc2n(n1)C(C(F)(F)F)CC(c1ccc(Cl)c(Cl)c1)N2. The number of carbonyl (C=O) groups is 1. The molecule has 0 spiro atoms. The van der Waals surface area contributed by atoms with E-state index < -0.39 is 24.2 Å².